The van der Waals surface area contributed by atoms with Crippen LogP contribution in [-0.4, -0.2) is 34.2 Å². The van der Waals surface area contributed by atoms with Gasteiger partial charge in [-0.3, -0.25) is 4.90 Å². The van der Waals surface area contributed by atoms with Crippen molar-refractivity contribution in [3.8, 4) is 11.7 Å². The van der Waals surface area contributed by atoms with Crippen molar-refractivity contribution in [3.63, 3.8) is 0 Å². The van der Waals surface area contributed by atoms with Gasteiger partial charge in [-0.25, -0.2) is 0 Å². The minimum absolute atomic E-state index is 0.398. The third-order valence-electron chi connectivity index (χ3n) is 4.02. The summed E-state index contributed by atoms with van der Waals surface area (Å²) >= 11 is 0. The van der Waals surface area contributed by atoms with Gasteiger partial charge in [0.2, 0.25) is 0 Å². The highest BCUT2D eigenvalue weighted by Gasteiger charge is 2.28. The fraction of sp³-hybridized carbons (Fsp3) is 0.571. The fourth-order valence-electron chi connectivity index (χ4n) is 2.91. The topological polar surface area (TPSA) is 81.3 Å². The quantitative estimate of drug-likeness (QED) is 0.918. The highest BCUT2D eigenvalue weighted by Crippen LogP contribution is 2.24. The van der Waals surface area contributed by atoms with Crippen molar-refractivity contribution in [2.24, 2.45) is 11.7 Å². The largest absolute Gasteiger partial charge is 0.459 e. The molecule has 2 unspecified atom stereocenters. The van der Waals surface area contributed by atoms with E-state index in [1.807, 2.05) is 6.07 Å². The highest BCUT2D eigenvalue weighted by atomic mass is 16.5. The van der Waals surface area contributed by atoms with Crippen LogP contribution in [0, 0.1) is 5.92 Å². The van der Waals surface area contributed by atoms with E-state index in [0.29, 0.717) is 42.5 Å². The zero-order valence-electron chi connectivity index (χ0n) is 11.7. The van der Waals surface area contributed by atoms with Gasteiger partial charge in [0, 0.05) is 12.6 Å². The van der Waals surface area contributed by atoms with E-state index in [2.05, 4.69) is 22.0 Å². The summed E-state index contributed by atoms with van der Waals surface area (Å²) in [6.07, 6.45) is 4.03. The summed E-state index contributed by atoms with van der Waals surface area (Å²) in [6, 6.07) is 4.01. The maximum Gasteiger partial charge on any atom is 0.293 e. The Kier molecular flexibility index (Phi) is 3.84. The van der Waals surface area contributed by atoms with Gasteiger partial charge in [0.05, 0.1) is 12.8 Å². The Morgan fingerprint density at radius 2 is 2.40 bits per heavy atom. The lowest BCUT2D eigenvalue weighted by molar-refractivity contribution is 0.0955. The van der Waals surface area contributed by atoms with Crippen LogP contribution in [0.5, 0.6) is 0 Å². The SMILES string of the molecule is CC1CCCN(Cc2noc(-c3ccco3)n2)C1CN. The number of nitrogens with zero attached hydrogens (tertiary/aromatic N) is 3. The average molecular weight is 276 g/mol. The smallest absolute Gasteiger partial charge is 0.293 e. The molecule has 20 heavy (non-hydrogen) atoms. The molecule has 2 aromatic rings. The Morgan fingerprint density at radius 3 is 3.15 bits per heavy atom. The van der Waals surface area contributed by atoms with E-state index >= 15 is 0 Å². The zero-order valence-corrected chi connectivity index (χ0v) is 11.7. The molecule has 1 saturated heterocycles. The Bertz CT molecular complexity index is 537. The van der Waals surface area contributed by atoms with E-state index in [1.54, 1.807) is 12.3 Å². The van der Waals surface area contributed by atoms with Crippen LogP contribution in [0.15, 0.2) is 27.3 Å². The van der Waals surface area contributed by atoms with Gasteiger partial charge in [0.25, 0.3) is 5.89 Å². The second kappa shape index (κ2) is 5.76. The van der Waals surface area contributed by atoms with Gasteiger partial charge < -0.3 is 14.7 Å². The van der Waals surface area contributed by atoms with Crippen LogP contribution in [0.1, 0.15) is 25.6 Å². The van der Waals surface area contributed by atoms with Crippen LogP contribution in [-0.2, 0) is 6.54 Å². The van der Waals surface area contributed by atoms with Gasteiger partial charge in [0.1, 0.15) is 0 Å². The number of hydrogen-bond donors (Lipinski definition) is 1. The molecule has 2 N–H and O–H groups in total. The molecule has 0 aromatic carbocycles. The molecule has 3 rings (SSSR count). The van der Waals surface area contributed by atoms with Crippen LogP contribution in [0.25, 0.3) is 11.7 Å². The number of rotatable bonds is 4. The Hall–Kier alpha value is -1.66. The molecule has 0 aliphatic carbocycles. The van der Waals surface area contributed by atoms with E-state index in [9.17, 15) is 0 Å². The molecular weight excluding hydrogens is 256 g/mol. The second-order valence-electron chi connectivity index (χ2n) is 5.39. The van der Waals surface area contributed by atoms with Crippen LogP contribution in [0.2, 0.25) is 0 Å². The van der Waals surface area contributed by atoms with Crippen molar-refractivity contribution >= 4 is 0 Å². The lowest BCUT2D eigenvalue weighted by atomic mass is 9.91. The highest BCUT2D eigenvalue weighted by molar-refractivity contribution is 5.42. The summed E-state index contributed by atoms with van der Waals surface area (Å²) in [5, 5.41) is 4.03. The van der Waals surface area contributed by atoms with Crippen molar-refractivity contribution in [1.29, 1.82) is 0 Å². The molecule has 0 spiro atoms. The maximum atomic E-state index is 5.90. The van der Waals surface area contributed by atoms with E-state index in [0.717, 1.165) is 6.54 Å². The molecule has 1 fully saturated rings. The molecule has 2 aromatic heterocycles. The standard InChI is InChI=1S/C14H20N4O2/c1-10-4-2-6-18(11(10)8-15)9-13-16-14(20-17-13)12-5-3-7-19-12/h3,5,7,10-11H,2,4,6,8-9,15H2,1H3. The number of nitrogens with two attached hydrogens (primary N) is 1. The molecule has 6 heteroatoms. The monoisotopic (exact) mass is 276 g/mol. The molecule has 2 atom stereocenters. The molecule has 0 radical (unpaired) electrons. The molecule has 0 bridgehead atoms. The van der Waals surface area contributed by atoms with Gasteiger partial charge in [-0.1, -0.05) is 12.1 Å². The predicted octanol–water partition coefficient (Wildman–Crippen LogP) is 1.89. The van der Waals surface area contributed by atoms with Crippen LogP contribution in [0.3, 0.4) is 0 Å². The first-order chi connectivity index (χ1) is 9.78. The van der Waals surface area contributed by atoms with Crippen molar-refractivity contribution in [2.75, 3.05) is 13.1 Å². The number of aromatic nitrogens is 2. The molecule has 1 aliphatic heterocycles. The average Bonchev–Trinajstić information content (AvgIpc) is 3.09. The maximum absolute atomic E-state index is 5.90. The number of piperidine rings is 1. The minimum atomic E-state index is 0.398. The third-order valence-corrected chi connectivity index (χ3v) is 4.02. The third kappa shape index (κ3) is 2.62. The van der Waals surface area contributed by atoms with E-state index < -0.39 is 0 Å². The van der Waals surface area contributed by atoms with Gasteiger partial charge >= 0.3 is 0 Å². The summed E-state index contributed by atoms with van der Waals surface area (Å²) < 4.78 is 10.5. The van der Waals surface area contributed by atoms with Crippen molar-refractivity contribution < 1.29 is 8.94 Å². The summed E-state index contributed by atoms with van der Waals surface area (Å²) in [6.45, 7) is 4.64. The van der Waals surface area contributed by atoms with Crippen LogP contribution < -0.4 is 5.73 Å². The van der Waals surface area contributed by atoms with E-state index in [4.69, 9.17) is 14.7 Å². The normalized spacial score (nSPS) is 24.1. The summed E-state index contributed by atoms with van der Waals surface area (Å²) in [5.41, 5.74) is 5.90. The van der Waals surface area contributed by atoms with E-state index in [1.165, 1.54) is 12.8 Å². The van der Waals surface area contributed by atoms with E-state index in [-0.39, 0.29) is 0 Å². The van der Waals surface area contributed by atoms with Crippen LogP contribution in [0.4, 0.5) is 0 Å². The molecule has 0 saturated carbocycles. The molecule has 0 amide bonds. The number of hydrogen-bond acceptors (Lipinski definition) is 6. The molecule has 108 valence electrons. The van der Waals surface area contributed by atoms with Gasteiger partial charge in [-0.15, -0.1) is 0 Å². The van der Waals surface area contributed by atoms with Gasteiger partial charge in [-0.05, 0) is 37.4 Å². The lowest BCUT2D eigenvalue weighted by Gasteiger charge is -2.38. The zero-order chi connectivity index (χ0) is 13.9. The van der Waals surface area contributed by atoms with Gasteiger partial charge in [0.15, 0.2) is 11.6 Å². The first-order valence-corrected chi connectivity index (χ1v) is 7.08. The Morgan fingerprint density at radius 1 is 1.50 bits per heavy atom. The Labute approximate surface area is 117 Å². The molecular formula is C14H20N4O2. The van der Waals surface area contributed by atoms with Crippen molar-refractivity contribution in [3.05, 3.63) is 24.2 Å². The predicted molar refractivity (Wildman–Crippen MR) is 73.7 cm³/mol. The summed E-state index contributed by atoms with van der Waals surface area (Å²) in [4.78, 5) is 6.74. The first-order valence-electron chi connectivity index (χ1n) is 7.08. The first kappa shape index (κ1) is 13.3. The summed E-state index contributed by atoms with van der Waals surface area (Å²) in [7, 11) is 0. The minimum Gasteiger partial charge on any atom is -0.459 e. The lowest BCUT2D eigenvalue weighted by Crippen LogP contribution is -2.48. The van der Waals surface area contributed by atoms with Crippen molar-refractivity contribution in [1.82, 2.24) is 15.0 Å². The number of furan rings is 1. The molecule has 6 nitrogen and oxygen atoms in total. The summed E-state index contributed by atoms with van der Waals surface area (Å²) in [5.74, 6) is 2.33. The Balaban J connectivity index is 1.71. The molecule has 3 heterocycles. The van der Waals surface area contributed by atoms with Crippen molar-refractivity contribution in [2.45, 2.75) is 32.4 Å². The van der Waals surface area contributed by atoms with Gasteiger partial charge in [-0.2, -0.15) is 4.98 Å². The number of likely N-dealkylation sites (tertiary alicyclic amines) is 1. The molecule has 1 aliphatic rings. The van der Waals surface area contributed by atoms with Crippen LogP contribution >= 0.6 is 0 Å². The second-order valence-corrected chi connectivity index (χ2v) is 5.39. The fourth-order valence-corrected chi connectivity index (χ4v) is 2.91.